The predicted molar refractivity (Wildman–Crippen MR) is 58.3 cm³/mol. The molecule has 0 aromatic carbocycles. The first-order valence-electron chi connectivity index (χ1n) is 4.90. The van der Waals surface area contributed by atoms with E-state index in [0.717, 1.165) is 18.7 Å². The summed E-state index contributed by atoms with van der Waals surface area (Å²) in [5, 5.41) is 2.81. The van der Waals surface area contributed by atoms with Crippen molar-refractivity contribution in [1.29, 1.82) is 0 Å². The first-order chi connectivity index (χ1) is 6.65. The van der Waals surface area contributed by atoms with Crippen LogP contribution in [0.4, 0.5) is 0 Å². The SMILES string of the molecule is C=C(C)N1CCCC1CNC(=O)CCl. The zero-order chi connectivity index (χ0) is 10.6. The average molecular weight is 217 g/mol. The summed E-state index contributed by atoms with van der Waals surface area (Å²) >= 11 is 5.39. The molecule has 1 atom stereocenters. The van der Waals surface area contributed by atoms with Crippen LogP contribution in [0.25, 0.3) is 0 Å². The van der Waals surface area contributed by atoms with Crippen molar-refractivity contribution in [3.05, 3.63) is 12.3 Å². The molecule has 0 aromatic rings. The summed E-state index contributed by atoms with van der Waals surface area (Å²) in [4.78, 5) is 13.2. The van der Waals surface area contributed by atoms with Gasteiger partial charge in [-0.15, -0.1) is 11.6 Å². The fraction of sp³-hybridized carbons (Fsp3) is 0.700. The normalized spacial score (nSPS) is 21.0. The maximum absolute atomic E-state index is 11.0. The third-order valence-corrected chi connectivity index (χ3v) is 2.77. The van der Waals surface area contributed by atoms with E-state index in [1.807, 2.05) is 6.92 Å². The number of carbonyl (C=O) groups is 1. The van der Waals surface area contributed by atoms with Gasteiger partial charge in [-0.3, -0.25) is 4.79 Å². The van der Waals surface area contributed by atoms with E-state index in [9.17, 15) is 4.79 Å². The number of amides is 1. The van der Waals surface area contributed by atoms with Gasteiger partial charge < -0.3 is 10.2 Å². The number of hydrogen-bond acceptors (Lipinski definition) is 2. The molecule has 1 unspecified atom stereocenters. The summed E-state index contributed by atoms with van der Waals surface area (Å²) in [6, 6.07) is 0.402. The van der Waals surface area contributed by atoms with E-state index in [1.165, 1.54) is 6.42 Å². The minimum Gasteiger partial charge on any atom is -0.371 e. The van der Waals surface area contributed by atoms with Crippen molar-refractivity contribution in [3.8, 4) is 0 Å². The van der Waals surface area contributed by atoms with Crippen molar-refractivity contribution in [3.63, 3.8) is 0 Å². The topological polar surface area (TPSA) is 32.3 Å². The molecule has 0 spiro atoms. The van der Waals surface area contributed by atoms with E-state index in [4.69, 9.17) is 11.6 Å². The Morgan fingerprint density at radius 3 is 3.00 bits per heavy atom. The maximum atomic E-state index is 11.0. The first-order valence-corrected chi connectivity index (χ1v) is 5.43. The van der Waals surface area contributed by atoms with Gasteiger partial charge in [0.25, 0.3) is 0 Å². The average Bonchev–Trinajstić information content (AvgIpc) is 2.62. The van der Waals surface area contributed by atoms with Crippen LogP contribution in [0, 0.1) is 0 Å². The van der Waals surface area contributed by atoms with Crippen LogP contribution < -0.4 is 5.32 Å². The molecule has 80 valence electrons. The summed E-state index contributed by atoms with van der Waals surface area (Å²) in [5.41, 5.74) is 1.08. The number of nitrogens with one attached hydrogen (secondary N) is 1. The maximum Gasteiger partial charge on any atom is 0.234 e. The van der Waals surface area contributed by atoms with Crippen LogP contribution in [0.2, 0.25) is 0 Å². The number of alkyl halides is 1. The third kappa shape index (κ3) is 2.91. The minimum absolute atomic E-state index is 0.0415. The van der Waals surface area contributed by atoms with Gasteiger partial charge >= 0.3 is 0 Å². The molecular formula is C10H17ClN2O. The number of likely N-dealkylation sites (tertiary alicyclic amines) is 1. The van der Waals surface area contributed by atoms with Crippen LogP contribution in [0.5, 0.6) is 0 Å². The molecule has 0 bridgehead atoms. The highest BCUT2D eigenvalue weighted by Gasteiger charge is 2.23. The fourth-order valence-corrected chi connectivity index (χ4v) is 1.92. The molecule has 1 aliphatic rings. The molecule has 1 heterocycles. The summed E-state index contributed by atoms with van der Waals surface area (Å²) in [7, 11) is 0. The molecule has 0 aliphatic carbocycles. The Kier molecular flexibility index (Phi) is 4.26. The van der Waals surface area contributed by atoms with Gasteiger partial charge in [-0.05, 0) is 19.8 Å². The molecule has 3 nitrogen and oxygen atoms in total. The van der Waals surface area contributed by atoms with Gasteiger partial charge in [-0.1, -0.05) is 6.58 Å². The number of allylic oxidation sites excluding steroid dienone is 1. The smallest absolute Gasteiger partial charge is 0.234 e. The highest BCUT2D eigenvalue weighted by atomic mass is 35.5. The van der Waals surface area contributed by atoms with Crippen LogP contribution in [0.3, 0.4) is 0 Å². The minimum atomic E-state index is -0.0970. The Bertz CT molecular complexity index is 230. The molecule has 0 aromatic heterocycles. The van der Waals surface area contributed by atoms with Crippen molar-refractivity contribution in [1.82, 2.24) is 10.2 Å². The summed E-state index contributed by atoms with van der Waals surface area (Å²) in [5.74, 6) is -0.0555. The van der Waals surface area contributed by atoms with E-state index < -0.39 is 0 Å². The fourth-order valence-electron chi connectivity index (χ4n) is 1.83. The lowest BCUT2D eigenvalue weighted by Crippen LogP contribution is -2.39. The van der Waals surface area contributed by atoms with Gasteiger partial charge in [-0.2, -0.15) is 0 Å². The van der Waals surface area contributed by atoms with Gasteiger partial charge in [0.2, 0.25) is 5.91 Å². The Balaban J connectivity index is 2.36. The zero-order valence-electron chi connectivity index (χ0n) is 8.55. The standard InChI is InChI=1S/C10H17ClN2O/c1-8(2)13-5-3-4-9(13)7-12-10(14)6-11/h9H,1,3-7H2,2H3,(H,12,14). The molecule has 1 saturated heterocycles. The van der Waals surface area contributed by atoms with Crippen molar-refractivity contribution in [2.45, 2.75) is 25.8 Å². The van der Waals surface area contributed by atoms with E-state index in [0.29, 0.717) is 12.6 Å². The van der Waals surface area contributed by atoms with Gasteiger partial charge in [0.15, 0.2) is 0 Å². The lowest BCUT2D eigenvalue weighted by atomic mass is 10.2. The van der Waals surface area contributed by atoms with Crippen LogP contribution in [0.1, 0.15) is 19.8 Å². The molecule has 1 amide bonds. The Morgan fingerprint density at radius 2 is 2.43 bits per heavy atom. The second-order valence-corrected chi connectivity index (χ2v) is 3.93. The molecule has 1 fully saturated rings. The van der Waals surface area contributed by atoms with Crippen molar-refractivity contribution in [2.75, 3.05) is 19.0 Å². The Labute approximate surface area is 90.1 Å². The lowest BCUT2D eigenvalue weighted by molar-refractivity contribution is -0.118. The van der Waals surface area contributed by atoms with E-state index in [1.54, 1.807) is 0 Å². The largest absolute Gasteiger partial charge is 0.371 e. The Hall–Kier alpha value is -0.700. The van der Waals surface area contributed by atoms with E-state index in [-0.39, 0.29) is 11.8 Å². The molecule has 0 radical (unpaired) electrons. The number of nitrogens with zero attached hydrogens (tertiary/aromatic N) is 1. The molecule has 1 N–H and O–H groups in total. The molecule has 14 heavy (non-hydrogen) atoms. The second kappa shape index (κ2) is 5.25. The highest BCUT2D eigenvalue weighted by molar-refractivity contribution is 6.27. The van der Waals surface area contributed by atoms with Crippen LogP contribution in [-0.4, -0.2) is 35.8 Å². The van der Waals surface area contributed by atoms with Crippen LogP contribution in [-0.2, 0) is 4.79 Å². The lowest BCUT2D eigenvalue weighted by Gasteiger charge is -2.26. The number of halogens is 1. The third-order valence-electron chi connectivity index (χ3n) is 2.52. The van der Waals surface area contributed by atoms with Gasteiger partial charge in [0.1, 0.15) is 5.88 Å². The number of hydrogen-bond donors (Lipinski definition) is 1. The number of carbonyl (C=O) groups excluding carboxylic acids is 1. The van der Waals surface area contributed by atoms with E-state index in [2.05, 4.69) is 16.8 Å². The van der Waals surface area contributed by atoms with Crippen LogP contribution in [0.15, 0.2) is 12.3 Å². The Morgan fingerprint density at radius 1 is 1.71 bits per heavy atom. The van der Waals surface area contributed by atoms with Gasteiger partial charge in [0.05, 0.1) is 0 Å². The van der Waals surface area contributed by atoms with Gasteiger partial charge in [0, 0.05) is 24.8 Å². The predicted octanol–water partition coefficient (Wildman–Crippen LogP) is 1.34. The molecule has 1 aliphatic heterocycles. The number of rotatable bonds is 4. The quantitative estimate of drug-likeness (QED) is 0.720. The van der Waals surface area contributed by atoms with Crippen molar-refractivity contribution >= 4 is 17.5 Å². The van der Waals surface area contributed by atoms with E-state index >= 15 is 0 Å². The van der Waals surface area contributed by atoms with Crippen molar-refractivity contribution in [2.24, 2.45) is 0 Å². The molecular weight excluding hydrogens is 200 g/mol. The summed E-state index contributed by atoms with van der Waals surface area (Å²) in [6.45, 7) is 7.65. The van der Waals surface area contributed by atoms with Gasteiger partial charge in [-0.25, -0.2) is 0 Å². The van der Waals surface area contributed by atoms with Crippen molar-refractivity contribution < 1.29 is 4.79 Å². The molecule has 4 heteroatoms. The molecule has 0 saturated carbocycles. The second-order valence-electron chi connectivity index (χ2n) is 3.66. The van der Waals surface area contributed by atoms with Crippen LogP contribution >= 0.6 is 11.6 Å². The highest BCUT2D eigenvalue weighted by Crippen LogP contribution is 2.20. The molecule has 1 rings (SSSR count). The monoisotopic (exact) mass is 216 g/mol. The summed E-state index contributed by atoms with van der Waals surface area (Å²) < 4.78 is 0. The first kappa shape index (κ1) is 11.4. The zero-order valence-corrected chi connectivity index (χ0v) is 9.31. The summed E-state index contributed by atoms with van der Waals surface area (Å²) in [6.07, 6.45) is 2.30.